The van der Waals surface area contributed by atoms with Crippen molar-refractivity contribution in [2.45, 2.75) is 34.2 Å². The molecule has 5 nitrogen and oxygen atoms in total. The first-order valence-corrected chi connectivity index (χ1v) is 7.31. The van der Waals surface area contributed by atoms with Gasteiger partial charge in [-0.25, -0.2) is 0 Å². The molecular formula is C18H19N3O2. The van der Waals surface area contributed by atoms with Crippen LogP contribution in [0.4, 0.5) is 5.69 Å². The monoisotopic (exact) mass is 309 g/mol. The first-order valence-electron chi connectivity index (χ1n) is 7.31. The molecule has 0 aliphatic rings. The molecule has 0 saturated carbocycles. The molecule has 0 radical (unpaired) electrons. The van der Waals surface area contributed by atoms with E-state index in [1.807, 2.05) is 38.1 Å². The summed E-state index contributed by atoms with van der Waals surface area (Å²) in [6.07, 6.45) is 0. The van der Waals surface area contributed by atoms with Crippen LogP contribution in [0.15, 0.2) is 29.1 Å². The molecule has 1 amide bonds. The second-order valence-electron chi connectivity index (χ2n) is 5.69. The fourth-order valence-electron chi connectivity index (χ4n) is 2.42. The summed E-state index contributed by atoms with van der Waals surface area (Å²) in [5, 5.41) is 11.9. The van der Waals surface area contributed by atoms with Gasteiger partial charge < -0.3 is 9.88 Å². The number of amides is 1. The van der Waals surface area contributed by atoms with Crippen LogP contribution in [0.3, 0.4) is 0 Å². The van der Waals surface area contributed by atoms with Crippen molar-refractivity contribution < 1.29 is 4.79 Å². The second-order valence-corrected chi connectivity index (χ2v) is 5.69. The number of aromatic nitrogens is 1. The molecule has 0 saturated heterocycles. The van der Waals surface area contributed by atoms with Gasteiger partial charge in [0.25, 0.3) is 5.56 Å². The summed E-state index contributed by atoms with van der Waals surface area (Å²) >= 11 is 0. The Morgan fingerprint density at radius 2 is 1.83 bits per heavy atom. The van der Waals surface area contributed by atoms with Gasteiger partial charge in [-0.2, -0.15) is 5.26 Å². The van der Waals surface area contributed by atoms with E-state index in [1.165, 1.54) is 4.57 Å². The van der Waals surface area contributed by atoms with Gasteiger partial charge in [-0.15, -0.1) is 0 Å². The van der Waals surface area contributed by atoms with Gasteiger partial charge >= 0.3 is 0 Å². The molecule has 0 atom stereocenters. The highest BCUT2D eigenvalue weighted by atomic mass is 16.2. The molecule has 0 fully saturated rings. The van der Waals surface area contributed by atoms with Gasteiger partial charge in [0.2, 0.25) is 5.91 Å². The maximum absolute atomic E-state index is 12.3. The van der Waals surface area contributed by atoms with Crippen molar-refractivity contribution in [3.05, 3.63) is 62.6 Å². The van der Waals surface area contributed by atoms with Crippen molar-refractivity contribution in [3.63, 3.8) is 0 Å². The Balaban J connectivity index is 2.26. The summed E-state index contributed by atoms with van der Waals surface area (Å²) in [6.45, 7) is 7.32. The minimum absolute atomic E-state index is 0.0783. The third-order valence-electron chi connectivity index (χ3n) is 3.91. The molecule has 5 heteroatoms. The smallest absolute Gasteiger partial charge is 0.269 e. The van der Waals surface area contributed by atoms with Crippen LogP contribution >= 0.6 is 0 Å². The van der Waals surface area contributed by atoms with Gasteiger partial charge in [0.15, 0.2) is 0 Å². The van der Waals surface area contributed by atoms with Gasteiger partial charge in [0, 0.05) is 11.4 Å². The molecule has 23 heavy (non-hydrogen) atoms. The van der Waals surface area contributed by atoms with Crippen molar-refractivity contribution in [1.29, 1.82) is 5.26 Å². The molecule has 0 aliphatic carbocycles. The van der Waals surface area contributed by atoms with Crippen LogP contribution in [0.2, 0.25) is 0 Å². The van der Waals surface area contributed by atoms with Crippen molar-refractivity contribution in [3.8, 4) is 6.07 Å². The average Bonchev–Trinajstić information content (AvgIpc) is 2.47. The van der Waals surface area contributed by atoms with E-state index in [0.29, 0.717) is 16.9 Å². The number of anilines is 1. The molecular weight excluding hydrogens is 290 g/mol. The fourth-order valence-corrected chi connectivity index (χ4v) is 2.42. The van der Waals surface area contributed by atoms with Crippen molar-refractivity contribution >= 4 is 11.6 Å². The largest absolute Gasteiger partial charge is 0.325 e. The maximum Gasteiger partial charge on any atom is 0.269 e. The summed E-state index contributed by atoms with van der Waals surface area (Å²) in [6, 6.07) is 9.29. The lowest BCUT2D eigenvalue weighted by molar-refractivity contribution is -0.116. The van der Waals surface area contributed by atoms with E-state index in [-0.39, 0.29) is 18.0 Å². The molecule has 0 spiro atoms. The highest BCUT2D eigenvalue weighted by Crippen LogP contribution is 2.14. The summed E-state index contributed by atoms with van der Waals surface area (Å²) in [5.41, 5.74) is 3.85. The zero-order valence-corrected chi connectivity index (χ0v) is 13.7. The quantitative estimate of drug-likeness (QED) is 0.947. The van der Waals surface area contributed by atoms with Gasteiger partial charge in [-0.1, -0.05) is 6.07 Å². The summed E-state index contributed by atoms with van der Waals surface area (Å²) < 4.78 is 1.32. The highest BCUT2D eigenvalue weighted by Gasteiger charge is 2.13. The zero-order chi connectivity index (χ0) is 17.1. The Hall–Kier alpha value is -2.87. The van der Waals surface area contributed by atoms with Crippen LogP contribution in [0, 0.1) is 39.0 Å². The number of benzene rings is 1. The number of rotatable bonds is 3. The first kappa shape index (κ1) is 16.5. The Labute approximate surface area is 135 Å². The number of pyridine rings is 1. The van der Waals surface area contributed by atoms with Crippen LogP contribution in [-0.2, 0) is 11.3 Å². The highest BCUT2D eigenvalue weighted by molar-refractivity contribution is 5.90. The zero-order valence-electron chi connectivity index (χ0n) is 13.7. The first-order chi connectivity index (χ1) is 10.8. The summed E-state index contributed by atoms with van der Waals surface area (Å²) in [5.74, 6) is -0.300. The third-order valence-corrected chi connectivity index (χ3v) is 3.91. The Morgan fingerprint density at radius 1 is 1.13 bits per heavy atom. The summed E-state index contributed by atoms with van der Waals surface area (Å²) in [4.78, 5) is 24.5. The number of nitrogens with one attached hydrogen (secondary N) is 1. The predicted octanol–water partition coefficient (Wildman–Crippen LogP) is 2.59. The van der Waals surface area contributed by atoms with E-state index in [0.717, 1.165) is 11.1 Å². The normalized spacial score (nSPS) is 10.2. The SMILES string of the molecule is Cc1ccc(NC(=O)Cn2c(C)cc(C)c(C#N)c2=O)cc1C. The molecule has 1 aromatic carbocycles. The van der Waals surface area contributed by atoms with Crippen LogP contribution in [0.5, 0.6) is 0 Å². The van der Waals surface area contributed by atoms with E-state index < -0.39 is 5.56 Å². The molecule has 1 N–H and O–H groups in total. The minimum atomic E-state index is -0.430. The lowest BCUT2D eigenvalue weighted by Gasteiger charge is -2.12. The maximum atomic E-state index is 12.3. The Bertz CT molecular complexity index is 873. The number of nitriles is 1. The number of carbonyl (C=O) groups excluding carboxylic acids is 1. The van der Waals surface area contributed by atoms with E-state index in [2.05, 4.69) is 5.32 Å². The van der Waals surface area contributed by atoms with Crippen LogP contribution in [0.1, 0.15) is 27.9 Å². The lowest BCUT2D eigenvalue weighted by Crippen LogP contribution is -2.31. The van der Waals surface area contributed by atoms with Crippen LogP contribution in [-0.4, -0.2) is 10.5 Å². The van der Waals surface area contributed by atoms with E-state index in [9.17, 15) is 9.59 Å². The molecule has 0 unspecified atom stereocenters. The van der Waals surface area contributed by atoms with Crippen molar-refractivity contribution in [2.75, 3.05) is 5.32 Å². The number of aryl methyl sites for hydroxylation is 4. The second kappa shape index (κ2) is 6.49. The van der Waals surface area contributed by atoms with Gasteiger partial charge in [-0.3, -0.25) is 9.59 Å². The summed E-state index contributed by atoms with van der Waals surface area (Å²) in [7, 11) is 0. The van der Waals surface area contributed by atoms with Gasteiger partial charge in [0.1, 0.15) is 18.2 Å². The standard InChI is InChI=1S/C18H19N3O2/c1-11-5-6-15(8-12(11)2)20-17(22)10-21-14(4)7-13(3)16(9-19)18(21)23/h5-8H,10H2,1-4H3,(H,20,22). The van der Waals surface area contributed by atoms with Crippen LogP contribution < -0.4 is 10.9 Å². The number of hydrogen-bond acceptors (Lipinski definition) is 3. The van der Waals surface area contributed by atoms with E-state index >= 15 is 0 Å². The Morgan fingerprint density at radius 3 is 2.43 bits per heavy atom. The average molecular weight is 309 g/mol. The minimum Gasteiger partial charge on any atom is -0.325 e. The molecule has 1 aromatic heterocycles. The van der Waals surface area contributed by atoms with Crippen LogP contribution in [0.25, 0.3) is 0 Å². The molecule has 2 rings (SSSR count). The molecule has 2 aromatic rings. The van der Waals surface area contributed by atoms with Crippen molar-refractivity contribution in [1.82, 2.24) is 4.57 Å². The molecule has 0 bridgehead atoms. The lowest BCUT2D eigenvalue weighted by atomic mass is 10.1. The predicted molar refractivity (Wildman–Crippen MR) is 89.4 cm³/mol. The van der Waals surface area contributed by atoms with E-state index in [1.54, 1.807) is 19.9 Å². The van der Waals surface area contributed by atoms with Gasteiger partial charge in [0.05, 0.1) is 0 Å². The topological polar surface area (TPSA) is 74.9 Å². The Kier molecular flexibility index (Phi) is 4.65. The molecule has 118 valence electrons. The number of hydrogen-bond donors (Lipinski definition) is 1. The van der Waals surface area contributed by atoms with E-state index in [4.69, 9.17) is 5.26 Å². The third kappa shape index (κ3) is 3.49. The van der Waals surface area contributed by atoms with Gasteiger partial charge in [-0.05, 0) is 62.6 Å². The number of nitrogens with zero attached hydrogens (tertiary/aromatic N) is 2. The fraction of sp³-hybridized carbons (Fsp3) is 0.278. The van der Waals surface area contributed by atoms with Crippen molar-refractivity contribution in [2.24, 2.45) is 0 Å². The molecule has 1 heterocycles. The molecule has 0 aliphatic heterocycles. The number of carbonyl (C=O) groups is 1.